The molecule has 0 aliphatic heterocycles. The van der Waals surface area contributed by atoms with E-state index >= 15 is 0 Å². The molecule has 0 spiro atoms. The van der Waals surface area contributed by atoms with Crippen molar-refractivity contribution in [3.8, 4) is 0 Å². The quantitative estimate of drug-likeness (QED) is 0.681. The van der Waals surface area contributed by atoms with E-state index in [0.29, 0.717) is 24.6 Å². The molecule has 2 N–H and O–H groups in total. The molecule has 2 nitrogen and oxygen atoms in total. The van der Waals surface area contributed by atoms with E-state index in [2.05, 4.69) is 19.2 Å². The lowest BCUT2D eigenvalue weighted by atomic mass is 9.92. The lowest BCUT2D eigenvalue weighted by molar-refractivity contribution is 0.180. The number of aliphatic hydroxyl groups excluding tert-OH is 1. The zero-order valence-electron chi connectivity index (χ0n) is 9.63. The van der Waals surface area contributed by atoms with Crippen molar-refractivity contribution in [3.05, 3.63) is 0 Å². The van der Waals surface area contributed by atoms with Crippen molar-refractivity contribution in [3.63, 3.8) is 0 Å². The number of rotatable bonds is 4. The van der Waals surface area contributed by atoms with Crippen molar-refractivity contribution < 1.29 is 5.11 Å². The largest absolute Gasteiger partial charge is 0.395 e. The van der Waals surface area contributed by atoms with Gasteiger partial charge in [-0.1, -0.05) is 39.5 Å². The molecule has 2 heteroatoms. The standard InChI is InChI=1S/C12H25NO/c1-10(2)13-12(9-14)11-7-5-3-4-6-8-11/h10-14H,3-9H2,1-2H3. The highest BCUT2D eigenvalue weighted by atomic mass is 16.3. The van der Waals surface area contributed by atoms with E-state index in [-0.39, 0.29) is 0 Å². The molecule has 0 saturated heterocycles. The van der Waals surface area contributed by atoms with Crippen LogP contribution in [0.15, 0.2) is 0 Å². The van der Waals surface area contributed by atoms with Crippen LogP contribution in [0.1, 0.15) is 52.4 Å². The summed E-state index contributed by atoms with van der Waals surface area (Å²) >= 11 is 0. The van der Waals surface area contributed by atoms with Crippen LogP contribution in [-0.2, 0) is 0 Å². The third kappa shape index (κ3) is 3.97. The molecule has 1 fully saturated rings. The Hall–Kier alpha value is -0.0800. The molecule has 1 aliphatic carbocycles. The van der Waals surface area contributed by atoms with E-state index in [4.69, 9.17) is 0 Å². The molecule has 0 aromatic rings. The Bertz CT molecular complexity index is 139. The molecule has 0 heterocycles. The first-order valence-corrected chi connectivity index (χ1v) is 6.11. The van der Waals surface area contributed by atoms with Gasteiger partial charge in [0, 0.05) is 12.1 Å². The Kier molecular flexibility index (Phi) is 5.49. The lowest BCUT2D eigenvalue weighted by Gasteiger charge is -2.27. The highest BCUT2D eigenvalue weighted by Crippen LogP contribution is 2.25. The van der Waals surface area contributed by atoms with Crippen LogP contribution in [0.5, 0.6) is 0 Å². The molecule has 14 heavy (non-hydrogen) atoms. The Morgan fingerprint density at radius 1 is 1.14 bits per heavy atom. The third-order valence-electron chi connectivity index (χ3n) is 3.21. The van der Waals surface area contributed by atoms with Gasteiger partial charge in [-0.05, 0) is 18.8 Å². The molecule has 0 aromatic heterocycles. The second-order valence-electron chi connectivity index (χ2n) is 4.86. The predicted molar refractivity (Wildman–Crippen MR) is 60.3 cm³/mol. The highest BCUT2D eigenvalue weighted by Gasteiger charge is 2.22. The molecule has 0 amide bonds. The van der Waals surface area contributed by atoms with Crippen molar-refractivity contribution in [1.82, 2.24) is 5.32 Å². The molecule has 1 unspecified atom stereocenters. The van der Waals surface area contributed by atoms with Crippen molar-refractivity contribution in [2.24, 2.45) is 5.92 Å². The van der Waals surface area contributed by atoms with E-state index in [9.17, 15) is 5.11 Å². The molecule has 0 radical (unpaired) electrons. The normalized spacial score (nSPS) is 22.3. The summed E-state index contributed by atoms with van der Waals surface area (Å²) in [5.74, 6) is 0.699. The minimum Gasteiger partial charge on any atom is -0.395 e. The summed E-state index contributed by atoms with van der Waals surface area (Å²) in [6, 6.07) is 0.809. The predicted octanol–water partition coefficient (Wildman–Crippen LogP) is 2.32. The van der Waals surface area contributed by atoms with Crippen molar-refractivity contribution in [2.45, 2.75) is 64.5 Å². The lowest BCUT2D eigenvalue weighted by Crippen LogP contribution is -2.42. The summed E-state index contributed by atoms with van der Waals surface area (Å²) in [5, 5.41) is 12.8. The fourth-order valence-electron chi connectivity index (χ4n) is 2.48. The molecule has 1 aliphatic rings. The average Bonchev–Trinajstić information content (AvgIpc) is 2.41. The fourth-order valence-corrected chi connectivity index (χ4v) is 2.48. The van der Waals surface area contributed by atoms with Gasteiger partial charge < -0.3 is 10.4 Å². The minimum atomic E-state index is 0.294. The van der Waals surface area contributed by atoms with Crippen LogP contribution in [0.3, 0.4) is 0 Å². The van der Waals surface area contributed by atoms with Crippen LogP contribution in [-0.4, -0.2) is 23.8 Å². The number of hydrogen-bond donors (Lipinski definition) is 2. The van der Waals surface area contributed by atoms with Gasteiger partial charge in [0.25, 0.3) is 0 Å². The summed E-state index contributed by atoms with van der Waals surface area (Å²) in [5.41, 5.74) is 0. The molecular weight excluding hydrogens is 174 g/mol. The van der Waals surface area contributed by atoms with Crippen LogP contribution in [0.2, 0.25) is 0 Å². The molecule has 1 saturated carbocycles. The maximum atomic E-state index is 9.36. The number of nitrogens with one attached hydrogen (secondary N) is 1. The fraction of sp³-hybridized carbons (Fsp3) is 1.00. The molecule has 1 atom stereocenters. The topological polar surface area (TPSA) is 32.3 Å². The molecule has 1 rings (SSSR count). The smallest absolute Gasteiger partial charge is 0.0587 e. The van der Waals surface area contributed by atoms with Crippen LogP contribution in [0.25, 0.3) is 0 Å². The zero-order chi connectivity index (χ0) is 10.4. The molecule has 0 bridgehead atoms. The first kappa shape index (κ1) is 12.0. The van der Waals surface area contributed by atoms with Gasteiger partial charge in [0.1, 0.15) is 0 Å². The second-order valence-corrected chi connectivity index (χ2v) is 4.86. The third-order valence-corrected chi connectivity index (χ3v) is 3.21. The number of hydrogen-bond acceptors (Lipinski definition) is 2. The van der Waals surface area contributed by atoms with Crippen molar-refractivity contribution in [1.29, 1.82) is 0 Å². The summed E-state index contributed by atoms with van der Waals surface area (Å²) < 4.78 is 0. The maximum Gasteiger partial charge on any atom is 0.0587 e. The Morgan fingerprint density at radius 3 is 2.14 bits per heavy atom. The summed E-state index contributed by atoms with van der Waals surface area (Å²) in [6.45, 7) is 4.60. The van der Waals surface area contributed by atoms with Crippen LogP contribution in [0.4, 0.5) is 0 Å². The SMILES string of the molecule is CC(C)NC(CO)C1CCCCCC1. The highest BCUT2D eigenvalue weighted by molar-refractivity contribution is 4.79. The van der Waals surface area contributed by atoms with Crippen molar-refractivity contribution in [2.75, 3.05) is 6.61 Å². The minimum absolute atomic E-state index is 0.294. The van der Waals surface area contributed by atoms with Gasteiger partial charge in [0.05, 0.1) is 6.61 Å². The zero-order valence-corrected chi connectivity index (χ0v) is 9.63. The summed E-state index contributed by atoms with van der Waals surface area (Å²) in [4.78, 5) is 0. The first-order chi connectivity index (χ1) is 6.74. The Morgan fingerprint density at radius 2 is 1.71 bits per heavy atom. The second kappa shape index (κ2) is 6.41. The van der Waals surface area contributed by atoms with Gasteiger partial charge in [0.2, 0.25) is 0 Å². The molecule has 0 aromatic carbocycles. The summed E-state index contributed by atoms with van der Waals surface area (Å²) in [6.07, 6.45) is 8.06. The maximum absolute atomic E-state index is 9.36. The van der Waals surface area contributed by atoms with Gasteiger partial charge >= 0.3 is 0 Å². The van der Waals surface area contributed by atoms with Crippen LogP contribution in [0, 0.1) is 5.92 Å². The van der Waals surface area contributed by atoms with E-state index < -0.39 is 0 Å². The monoisotopic (exact) mass is 199 g/mol. The first-order valence-electron chi connectivity index (χ1n) is 6.11. The van der Waals surface area contributed by atoms with Gasteiger partial charge in [-0.2, -0.15) is 0 Å². The van der Waals surface area contributed by atoms with Gasteiger partial charge in [-0.15, -0.1) is 0 Å². The van der Waals surface area contributed by atoms with E-state index in [1.54, 1.807) is 0 Å². The molecular formula is C12H25NO. The van der Waals surface area contributed by atoms with E-state index in [1.807, 2.05) is 0 Å². The van der Waals surface area contributed by atoms with Gasteiger partial charge in [-0.3, -0.25) is 0 Å². The van der Waals surface area contributed by atoms with Gasteiger partial charge in [0.15, 0.2) is 0 Å². The van der Waals surface area contributed by atoms with E-state index in [0.717, 1.165) is 0 Å². The van der Waals surface area contributed by atoms with E-state index in [1.165, 1.54) is 38.5 Å². The average molecular weight is 199 g/mol. The number of aliphatic hydroxyl groups is 1. The van der Waals surface area contributed by atoms with Crippen LogP contribution < -0.4 is 5.32 Å². The molecule has 84 valence electrons. The Balaban J connectivity index is 2.40. The van der Waals surface area contributed by atoms with Crippen LogP contribution >= 0.6 is 0 Å². The van der Waals surface area contributed by atoms with Crippen molar-refractivity contribution >= 4 is 0 Å². The Labute approximate surface area is 88.1 Å². The van der Waals surface area contributed by atoms with Gasteiger partial charge in [-0.25, -0.2) is 0 Å². The summed E-state index contributed by atoms with van der Waals surface area (Å²) in [7, 11) is 0.